The first-order chi connectivity index (χ1) is 33.5. The largest absolute Gasteiger partial charge is 0.493 e. The van der Waals surface area contributed by atoms with Crippen molar-refractivity contribution in [3.8, 4) is 11.5 Å². The second-order valence-corrected chi connectivity index (χ2v) is 18.5. The highest BCUT2D eigenvalue weighted by Gasteiger charge is 2.39. The summed E-state index contributed by atoms with van der Waals surface area (Å²) >= 11 is 0. The number of imide groups is 1. The van der Waals surface area contributed by atoms with E-state index >= 15 is 0 Å². The van der Waals surface area contributed by atoms with Crippen LogP contribution in [0.15, 0.2) is 53.7 Å². The van der Waals surface area contributed by atoms with Crippen molar-refractivity contribution in [3.63, 3.8) is 0 Å². The highest BCUT2D eigenvalue weighted by molar-refractivity contribution is 6.05. The quantitative estimate of drug-likeness (QED) is 0.0292. The molecule has 3 atom stereocenters. The number of piperidine rings is 1. The summed E-state index contributed by atoms with van der Waals surface area (Å²) in [5.74, 6) is -1.65. The molecule has 0 saturated carbocycles. The zero-order chi connectivity index (χ0) is 50.9. The molecule has 1 aromatic heterocycles. The number of methoxy groups -OCH3 is 1. The van der Waals surface area contributed by atoms with Crippen molar-refractivity contribution in [1.82, 2.24) is 25.0 Å². The lowest BCUT2D eigenvalue weighted by Crippen LogP contribution is -2.51. The van der Waals surface area contributed by atoms with Gasteiger partial charge in [-0.25, -0.2) is 0 Å². The average Bonchev–Trinajstić information content (AvgIpc) is 3.84. The van der Waals surface area contributed by atoms with Crippen LogP contribution in [0, 0.1) is 24.7 Å². The van der Waals surface area contributed by atoms with E-state index in [0.717, 1.165) is 31.2 Å². The number of amides is 8. The second-order valence-electron chi connectivity index (χ2n) is 18.5. The molecular weight excluding hydrogens is 899 g/mol. The van der Waals surface area contributed by atoms with Crippen LogP contribution in [0.2, 0.25) is 0 Å². The van der Waals surface area contributed by atoms with Gasteiger partial charge in [0.2, 0.25) is 41.9 Å². The third-order valence-corrected chi connectivity index (χ3v) is 12.4. The summed E-state index contributed by atoms with van der Waals surface area (Å²) in [5.41, 5.74) is 3.20. The van der Waals surface area contributed by atoms with Crippen molar-refractivity contribution < 1.29 is 47.8 Å². The molecule has 0 radical (unpaired) electrons. The number of rotatable bonds is 25. The Labute approximate surface area is 409 Å². The van der Waals surface area contributed by atoms with E-state index in [1.165, 1.54) is 4.90 Å². The first-order valence-electron chi connectivity index (χ1n) is 24.1. The van der Waals surface area contributed by atoms with E-state index in [9.17, 15) is 38.4 Å². The summed E-state index contributed by atoms with van der Waals surface area (Å²) in [5, 5.41) is 13.7. The lowest BCUT2D eigenvalue weighted by molar-refractivity contribution is -0.140. The van der Waals surface area contributed by atoms with Gasteiger partial charge in [0, 0.05) is 75.2 Å². The maximum Gasteiger partial charge on any atom is 0.272 e. The molecule has 3 aromatic rings. The molecule has 19 heteroatoms. The van der Waals surface area contributed by atoms with Crippen LogP contribution in [0.4, 0.5) is 22.7 Å². The Bertz CT molecular complexity index is 2380. The van der Waals surface area contributed by atoms with Crippen molar-refractivity contribution in [1.29, 1.82) is 0 Å². The van der Waals surface area contributed by atoms with Gasteiger partial charge in [-0.3, -0.25) is 48.2 Å². The topological polar surface area (TPSA) is 239 Å². The molecule has 8 amide bonds. The standard InChI is InChI=1S/C51H69N9O10/c1-32(2)39-26-47(65)60(51(39)68)22-11-8-9-15-45(63)57-48(33(3)4)50(67)53-29-46(64)54-35-17-19-36(20-18-35)56-49(66)41-25-37(30-58(41)6)55-44(62)16-13-23-70-43-27-40(34(5)24-42(43)69-7)52-28-38-14-10-12-21-59(38)31-61/h17-20,24-25,27-28,30-33,38-39,48H,8-16,21-23,26,29H2,1-7H3,(H,53,67)(H,54,64)(H,55,62)(H,56,66)(H,57,63)/b52-28-. The minimum absolute atomic E-state index is 0.0531. The number of ether oxygens (including phenoxy) is 2. The fourth-order valence-electron chi connectivity index (χ4n) is 8.29. The van der Waals surface area contributed by atoms with E-state index in [2.05, 4.69) is 31.6 Å². The number of hydrogen-bond donors (Lipinski definition) is 5. The zero-order valence-corrected chi connectivity index (χ0v) is 41.4. The van der Waals surface area contributed by atoms with Gasteiger partial charge in [0.25, 0.3) is 5.91 Å². The molecule has 3 unspecified atom stereocenters. The summed E-state index contributed by atoms with van der Waals surface area (Å²) in [6, 6.07) is 10.7. The molecule has 2 aliphatic heterocycles. The molecule has 3 heterocycles. The summed E-state index contributed by atoms with van der Waals surface area (Å²) in [6.07, 6.45) is 9.91. The number of carbonyl (C=O) groups excluding carboxylic acids is 8. The third-order valence-electron chi connectivity index (χ3n) is 12.4. The first-order valence-corrected chi connectivity index (χ1v) is 24.1. The van der Waals surface area contributed by atoms with Gasteiger partial charge in [0.1, 0.15) is 11.7 Å². The van der Waals surface area contributed by atoms with Crippen LogP contribution >= 0.6 is 0 Å². The highest BCUT2D eigenvalue weighted by atomic mass is 16.5. The third kappa shape index (κ3) is 15.5. The molecule has 2 fully saturated rings. The summed E-state index contributed by atoms with van der Waals surface area (Å²) in [4.78, 5) is 109. The van der Waals surface area contributed by atoms with Crippen molar-refractivity contribution in [2.45, 2.75) is 111 Å². The minimum atomic E-state index is -0.861. The van der Waals surface area contributed by atoms with E-state index in [-0.39, 0.29) is 79.8 Å². The SMILES string of the molecule is COc1cc(C)c(/N=C\C2CCCCN2C=O)cc1OCCCC(=O)Nc1cc(C(=O)Nc2ccc(NC(=O)CNC(=O)C(NC(=O)CCCCCN3C(=O)CC(C(C)C)C3=O)C(C)C)cc2)n(C)c1. The van der Waals surface area contributed by atoms with Crippen molar-refractivity contribution in [3.05, 3.63) is 59.9 Å². The van der Waals surface area contributed by atoms with Crippen LogP contribution in [0.1, 0.15) is 108 Å². The maximum atomic E-state index is 13.2. The van der Waals surface area contributed by atoms with Gasteiger partial charge in [-0.15, -0.1) is 0 Å². The fourth-order valence-corrected chi connectivity index (χ4v) is 8.29. The number of unbranched alkanes of at least 4 members (excludes halogenated alkanes) is 2. The Hall–Kier alpha value is -7.05. The van der Waals surface area contributed by atoms with Gasteiger partial charge < -0.3 is 45.5 Å². The first kappa shape index (κ1) is 53.9. The summed E-state index contributed by atoms with van der Waals surface area (Å²) in [6.45, 7) is 10.3. The molecule has 5 rings (SSSR count). The van der Waals surface area contributed by atoms with Gasteiger partial charge in [-0.1, -0.05) is 34.1 Å². The van der Waals surface area contributed by atoms with Crippen LogP contribution in [0.25, 0.3) is 0 Å². The van der Waals surface area contributed by atoms with Crippen LogP contribution in [-0.2, 0) is 40.6 Å². The summed E-state index contributed by atoms with van der Waals surface area (Å²) in [7, 11) is 3.24. The molecule has 0 aliphatic carbocycles. The monoisotopic (exact) mass is 968 g/mol. The normalized spacial score (nSPS) is 16.4. The van der Waals surface area contributed by atoms with E-state index in [1.54, 1.807) is 86.3 Å². The molecule has 70 heavy (non-hydrogen) atoms. The molecular formula is C51H69N9O10. The Morgan fingerprint density at radius 3 is 2.21 bits per heavy atom. The number of aromatic nitrogens is 1. The molecule has 2 aromatic carbocycles. The number of aliphatic imine (C=N–C) groups is 1. The van der Waals surface area contributed by atoms with Gasteiger partial charge in [-0.05, 0) is 99.2 Å². The van der Waals surface area contributed by atoms with Gasteiger partial charge >= 0.3 is 0 Å². The van der Waals surface area contributed by atoms with E-state index in [1.807, 2.05) is 26.8 Å². The van der Waals surface area contributed by atoms with Gasteiger partial charge in [0.15, 0.2) is 11.5 Å². The predicted molar refractivity (Wildman–Crippen MR) is 266 cm³/mol. The molecule has 378 valence electrons. The van der Waals surface area contributed by atoms with Crippen molar-refractivity contribution >= 4 is 76.7 Å². The molecule has 19 nitrogen and oxygen atoms in total. The fraction of sp³-hybridized carbons (Fsp3) is 0.510. The lowest BCUT2D eigenvalue weighted by atomic mass is 9.94. The Morgan fingerprint density at radius 1 is 0.843 bits per heavy atom. The van der Waals surface area contributed by atoms with Gasteiger partial charge in [-0.2, -0.15) is 0 Å². The number of benzene rings is 2. The van der Waals surface area contributed by atoms with Crippen LogP contribution in [0.5, 0.6) is 11.5 Å². The Kier molecular flexibility index (Phi) is 20.1. The van der Waals surface area contributed by atoms with Crippen LogP contribution < -0.4 is 36.1 Å². The Morgan fingerprint density at radius 2 is 1.54 bits per heavy atom. The minimum Gasteiger partial charge on any atom is -0.493 e. The van der Waals surface area contributed by atoms with Crippen LogP contribution in [0.3, 0.4) is 0 Å². The number of likely N-dealkylation sites (tertiary alicyclic amines) is 2. The lowest BCUT2D eigenvalue weighted by Gasteiger charge is -2.29. The van der Waals surface area contributed by atoms with E-state index < -0.39 is 23.8 Å². The number of anilines is 3. The zero-order valence-electron chi connectivity index (χ0n) is 41.4. The number of carbonyl (C=O) groups is 8. The molecule has 5 N–H and O–H groups in total. The number of nitrogens with one attached hydrogen (secondary N) is 5. The predicted octanol–water partition coefficient (Wildman–Crippen LogP) is 5.89. The van der Waals surface area contributed by atoms with E-state index in [0.29, 0.717) is 78.7 Å². The molecule has 2 aliphatic rings. The number of nitrogens with zero attached hydrogens (tertiary/aromatic N) is 4. The average molecular weight is 968 g/mol. The number of aryl methyl sites for hydroxylation is 2. The summed E-state index contributed by atoms with van der Waals surface area (Å²) < 4.78 is 13.1. The molecule has 0 spiro atoms. The van der Waals surface area contributed by atoms with Crippen molar-refractivity contribution in [2.24, 2.45) is 29.8 Å². The second kappa shape index (κ2) is 26.1. The maximum absolute atomic E-state index is 13.2. The highest BCUT2D eigenvalue weighted by Crippen LogP contribution is 2.35. The molecule has 2 saturated heterocycles. The Balaban J connectivity index is 0.998. The number of hydrogen-bond acceptors (Lipinski definition) is 11. The van der Waals surface area contributed by atoms with E-state index in [4.69, 9.17) is 9.47 Å². The van der Waals surface area contributed by atoms with Gasteiger partial charge in [0.05, 0.1) is 37.7 Å². The molecule has 0 bridgehead atoms. The smallest absolute Gasteiger partial charge is 0.272 e. The van der Waals surface area contributed by atoms with Crippen molar-refractivity contribution in [2.75, 3.05) is 49.3 Å². The van der Waals surface area contributed by atoms with Crippen LogP contribution in [-0.4, -0.2) is 114 Å².